The highest BCUT2D eigenvalue weighted by molar-refractivity contribution is 8.00. The molecule has 1 atom stereocenters. The van der Waals surface area contributed by atoms with Crippen molar-refractivity contribution >= 4 is 35.0 Å². The third-order valence-electron chi connectivity index (χ3n) is 3.91. The molecule has 2 aliphatic heterocycles. The zero-order chi connectivity index (χ0) is 16.7. The van der Waals surface area contributed by atoms with E-state index >= 15 is 0 Å². The number of rotatable bonds is 3. The number of ether oxygens (including phenoxy) is 2. The van der Waals surface area contributed by atoms with Crippen molar-refractivity contribution in [2.75, 3.05) is 17.4 Å². The molecular formula is C17H14N2O4S. The Morgan fingerprint density at radius 2 is 1.88 bits per heavy atom. The van der Waals surface area contributed by atoms with Crippen molar-refractivity contribution in [3.05, 3.63) is 42.5 Å². The van der Waals surface area contributed by atoms with Gasteiger partial charge in [0, 0.05) is 23.1 Å². The number of carbonyl (C=O) groups excluding carboxylic acids is 2. The van der Waals surface area contributed by atoms with Gasteiger partial charge >= 0.3 is 0 Å². The minimum absolute atomic E-state index is 0.145. The van der Waals surface area contributed by atoms with Crippen LogP contribution >= 0.6 is 11.8 Å². The Balaban J connectivity index is 1.59. The molecule has 2 heterocycles. The zero-order valence-electron chi connectivity index (χ0n) is 12.6. The molecule has 1 saturated heterocycles. The van der Waals surface area contributed by atoms with Gasteiger partial charge in [-0.3, -0.25) is 9.59 Å². The van der Waals surface area contributed by atoms with Gasteiger partial charge in [-0.2, -0.15) is 0 Å². The van der Waals surface area contributed by atoms with Crippen LogP contribution in [-0.2, 0) is 9.59 Å². The molecular weight excluding hydrogens is 328 g/mol. The smallest absolute Gasteiger partial charge is 0.247 e. The van der Waals surface area contributed by atoms with Crippen LogP contribution < -0.4 is 20.1 Å². The summed E-state index contributed by atoms with van der Waals surface area (Å²) in [6, 6.07) is 12.4. The van der Waals surface area contributed by atoms with Crippen LogP contribution in [0.2, 0.25) is 0 Å². The third-order valence-corrected chi connectivity index (χ3v) is 5.19. The fourth-order valence-electron chi connectivity index (χ4n) is 2.73. The molecule has 2 aromatic rings. The number of benzene rings is 2. The van der Waals surface area contributed by atoms with Crippen molar-refractivity contribution in [2.45, 2.75) is 16.6 Å². The SMILES string of the molecule is Nc1ccccc1S[C@H]1CC(=O)N(c2ccc3c(c2)OCO3)C1=O. The van der Waals surface area contributed by atoms with E-state index < -0.39 is 5.25 Å². The van der Waals surface area contributed by atoms with E-state index in [1.807, 2.05) is 18.2 Å². The molecule has 1 fully saturated rings. The number of anilines is 2. The highest BCUT2D eigenvalue weighted by Crippen LogP contribution is 2.39. The molecule has 24 heavy (non-hydrogen) atoms. The maximum absolute atomic E-state index is 12.7. The van der Waals surface area contributed by atoms with Crippen LogP contribution in [0.1, 0.15) is 6.42 Å². The van der Waals surface area contributed by atoms with Crippen LogP contribution in [0.15, 0.2) is 47.4 Å². The molecule has 0 unspecified atom stereocenters. The second kappa shape index (κ2) is 5.76. The van der Waals surface area contributed by atoms with Gasteiger partial charge in [0.05, 0.1) is 10.9 Å². The maximum Gasteiger partial charge on any atom is 0.247 e. The number of imide groups is 1. The fraction of sp³-hybridized carbons (Fsp3) is 0.176. The summed E-state index contributed by atoms with van der Waals surface area (Å²) in [5, 5.41) is -0.479. The number of hydrogen-bond acceptors (Lipinski definition) is 6. The molecule has 7 heteroatoms. The lowest BCUT2D eigenvalue weighted by Gasteiger charge is -2.15. The van der Waals surface area contributed by atoms with E-state index in [1.165, 1.54) is 16.7 Å². The molecule has 4 rings (SSSR count). The number of hydrogen-bond donors (Lipinski definition) is 1. The van der Waals surface area contributed by atoms with Crippen molar-refractivity contribution in [3.8, 4) is 11.5 Å². The lowest BCUT2D eigenvalue weighted by molar-refractivity contribution is -0.121. The minimum atomic E-state index is -0.479. The average molecular weight is 342 g/mol. The molecule has 2 aromatic carbocycles. The molecule has 122 valence electrons. The van der Waals surface area contributed by atoms with E-state index in [4.69, 9.17) is 15.2 Å². The number of nitrogen functional groups attached to an aromatic ring is 1. The van der Waals surface area contributed by atoms with E-state index in [2.05, 4.69) is 0 Å². The van der Waals surface area contributed by atoms with Crippen LogP contribution in [0, 0.1) is 0 Å². The monoisotopic (exact) mass is 342 g/mol. The standard InChI is InChI=1S/C17H14N2O4S/c18-11-3-1-2-4-14(11)24-15-8-16(20)19(17(15)21)10-5-6-12-13(7-10)23-9-22-12/h1-7,15H,8-9,18H2/t15-/m0/s1. The van der Waals surface area contributed by atoms with Gasteiger partial charge in [-0.15, -0.1) is 11.8 Å². The van der Waals surface area contributed by atoms with Crippen molar-refractivity contribution in [2.24, 2.45) is 0 Å². The number of amides is 2. The van der Waals surface area contributed by atoms with Gasteiger partial charge in [-0.05, 0) is 24.3 Å². The number of nitrogens with two attached hydrogens (primary N) is 1. The van der Waals surface area contributed by atoms with E-state index in [1.54, 1.807) is 24.3 Å². The predicted octanol–water partition coefficient (Wildman–Crippen LogP) is 2.42. The van der Waals surface area contributed by atoms with Crippen molar-refractivity contribution in [3.63, 3.8) is 0 Å². The fourth-order valence-corrected chi connectivity index (χ4v) is 3.83. The molecule has 6 nitrogen and oxygen atoms in total. The van der Waals surface area contributed by atoms with Crippen molar-refractivity contribution in [1.82, 2.24) is 0 Å². The Hall–Kier alpha value is -2.67. The van der Waals surface area contributed by atoms with Crippen LogP contribution in [0.5, 0.6) is 11.5 Å². The van der Waals surface area contributed by atoms with Crippen molar-refractivity contribution in [1.29, 1.82) is 0 Å². The van der Waals surface area contributed by atoms with Gasteiger partial charge in [0.15, 0.2) is 11.5 Å². The molecule has 2 N–H and O–H groups in total. The van der Waals surface area contributed by atoms with Gasteiger partial charge in [-0.1, -0.05) is 12.1 Å². The second-order valence-electron chi connectivity index (χ2n) is 5.45. The lowest BCUT2D eigenvalue weighted by atomic mass is 10.2. The Bertz CT molecular complexity index is 839. The van der Waals surface area contributed by atoms with E-state index in [9.17, 15) is 9.59 Å². The van der Waals surface area contributed by atoms with E-state index in [0.29, 0.717) is 22.9 Å². The molecule has 0 bridgehead atoms. The molecule has 0 aliphatic carbocycles. The van der Waals surface area contributed by atoms with Gasteiger partial charge in [0.1, 0.15) is 0 Å². The van der Waals surface area contributed by atoms with Crippen LogP contribution in [0.4, 0.5) is 11.4 Å². The maximum atomic E-state index is 12.7. The molecule has 0 spiro atoms. The normalized spacial score (nSPS) is 19.2. The summed E-state index contributed by atoms with van der Waals surface area (Å²) in [4.78, 5) is 27.1. The highest BCUT2D eigenvalue weighted by Gasteiger charge is 2.40. The van der Waals surface area contributed by atoms with Crippen molar-refractivity contribution < 1.29 is 19.1 Å². The summed E-state index contributed by atoms with van der Waals surface area (Å²) in [5.41, 5.74) is 7.02. The number of para-hydroxylation sites is 1. The van der Waals surface area contributed by atoms with Gasteiger partial charge in [0.2, 0.25) is 18.6 Å². The molecule has 0 saturated carbocycles. The van der Waals surface area contributed by atoms with Gasteiger partial charge < -0.3 is 15.2 Å². The predicted molar refractivity (Wildman–Crippen MR) is 90.2 cm³/mol. The first kappa shape index (κ1) is 14.9. The molecule has 0 aromatic heterocycles. The average Bonchev–Trinajstić information content (AvgIpc) is 3.14. The van der Waals surface area contributed by atoms with E-state index in [0.717, 1.165) is 4.90 Å². The first-order valence-electron chi connectivity index (χ1n) is 7.41. The molecule has 2 amide bonds. The topological polar surface area (TPSA) is 81.9 Å². The van der Waals surface area contributed by atoms with Crippen LogP contribution in [-0.4, -0.2) is 23.9 Å². The Morgan fingerprint density at radius 3 is 2.71 bits per heavy atom. The van der Waals surface area contributed by atoms with Crippen LogP contribution in [0.25, 0.3) is 0 Å². The Labute approximate surface area is 142 Å². The third kappa shape index (κ3) is 2.46. The zero-order valence-corrected chi connectivity index (χ0v) is 13.4. The molecule has 2 aliphatic rings. The summed E-state index contributed by atoms with van der Waals surface area (Å²) < 4.78 is 10.6. The van der Waals surface area contributed by atoms with E-state index in [-0.39, 0.29) is 25.0 Å². The quantitative estimate of drug-likeness (QED) is 0.681. The summed E-state index contributed by atoms with van der Waals surface area (Å²) >= 11 is 1.32. The van der Waals surface area contributed by atoms with Gasteiger partial charge in [-0.25, -0.2) is 4.90 Å². The minimum Gasteiger partial charge on any atom is -0.454 e. The number of carbonyl (C=O) groups is 2. The Morgan fingerprint density at radius 1 is 1.08 bits per heavy atom. The first-order valence-corrected chi connectivity index (χ1v) is 8.29. The van der Waals surface area contributed by atoms with Crippen LogP contribution in [0.3, 0.4) is 0 Å². The highest BCUT2D eigenvalue weighted by atomic mass is 32.2. The second-order valence-corrected chi connectivity index (χ2v) is 6.70. The lowest BCUT2D eigenvalue weighted by Crippen LogP contribution is -2.31. The summed E-state index contributed by atoms with van der Waals surface area (Å²) in [5.74, 6) is 0.676. The number of fused-ring (bicyclic) bond motifs is 1. The number of thioether (sulfide) groups is 1. The van der Waals surface area contributed by atoms with Gasteiger partial charge in [0.25, 0.3) is 0 Å². The summed E-state index contributed by atoms with van der Waals surface area (Å²) in [6.45, 7) is 0.145. The largest absolute Gasteiger partial charge is 0.454 e. The summed E-state index contributed by atoms with van der Waals surface area (Å²) in [7, 11) is 0. The Kier molecular flexibility index (Phi) is 3.57. The molecule has 0 radical (unpaired) electrons. The first-order chi connectivity index (χ1) is 11.6. The number of nitrogens with zero attached hydrogens (tertiary/aromatic N) is 1. The summed E-state index contributed by atoms with van der Waals surface area (Å²) in [6.07, 6.45) is 0.145.